The molecule has 0 bridgehead atoms. The van der Waals surface area contributed by atoms with E-state index in [2.05, 4.69) is 4.98 Å². The van der Waals surface area contributed by atoms with Gasteiger partial charge in [0.2, 0.25) is 0 Å². The molecule has 0 atom stereocenters. The van der Waals surface area contributed by atoms with E-state index >= 15 is 0 Å². The number of nitrogens with one attached hydrogen (secondary N) is 1. The van der Waals surface area contributed by atoms with Crippen LogP contribution >= 0.6 is 0 Å². The number of rotatable bonds is 4. The van der Waals surface area contributed by atoms with Gasteiger partial charge in [-0.3, -0.25) is 4.79 Å². The van der Waals surface area contributed by atoms with Crippen molar-refractivity contribution in [2.45, 2.75) is 4.90 Å². The second-order valence-electron chi connectivity index (χ2n) is 5.92. The van der Waals surface area contributed by atoms with Crippen molar-refractivity contribution in [3.05, 3.63) is 95.3 Å². The molecule has 0 unspecified atom stereocenters. The molecule has 1 N–H and O–H groups in total. The largest absolute Gasteiger partial charge is 0.377 e. The first kappa shape index (κ1) is 17.1. The van der Waals surface area contributed by atoms with Crippen LogP contribution < -0.4 is 9.74 Å². The van der Waals surface area contributed by atoms with E-state index in [0.29, 0.717) is 16.5 Å². The van der Waals surface area contributed by atoms with Crippen LogP contribution in [0.4, 0.5) is 0 Å². The molecule has 0 saturated carbocycles. The third-order valence-electron chi connectivity index (χ3n) is 4.16. The van der Waals surface area contributed by atoms with Gasteiger partial charge in [-0.05, 0) is 29.8 Å². The number of benzene rings is 3. The third kappa shape index (κ3) is 3.22. The van der Waals surface area contributed by atoms with Crippen LogP contribution in [0, 0.1) is 0 Å². The Labute approximate surface area is 156 Å². The zero-order valence-corrected chi connectivity index (χ0v) is 14.9. The van der Waals surface area contributed by atoms with Gasteiger partial charge in [-0.25, -0.2) is 0 Å². The van der Waals surface area contributed by atoms with Crippen molar-refractivity contribution in [3.8, 4) is 16.9 Å². The predicted octanol–water partition coefficient (Wildman–Crippen LogP) is 3.96. The van der Waals surface area contributed by atoms with Crippen molar-refractivity contribution >= 4 is 21.0 Å². The Morgan fingerprint density at radius 2 is 1.33 bits per heavy atom. The summed E-state index contributed by atoms with van der Waals surface area (Å²) in [4.78, 5) is 15.6. The molecule has 6 heteroatoms. The summed E-state index contributed by atoms with van der Waals surface area (Å²) in [5, 5.41) is 0.510. The molecule has 0 saturated heterocycles. The molecule has 4 aromatic rings. The van der Waals surface area contributed by atoms with Gasteiger partial charge in [-0.15, -0.1) is 0 Å². The minimum atomic E-state index is -4.10. The number of para-hydroxylation sites is 1. The van der Waals surface area contributed by atoms with E-state index in [1.54, 1.807) is 66.7 Å². The second-order valence-corrected chi connectivity index (χ2v) is 7.47. The summed E-state index contributed by atoms with van der Waals surface area (Å²) >= 11 is 0. The van der Waals surface area contributed by atoms with Crippen LogP contribution in [0.5, 0.6) is 5.75 Å². The standard InChI is InChI=1S/C21H15NO4S/c23-21-19(15-9-3-1-4-10-15)20(17-13-7-8-14-18(17)22-21)26-27(24,25)16-11-5-2-6-12-16/h1-14H,(H,22,23). The first-order chi connectivity index (χ1) is 13.1. The van der Waals surface area contributed by atoms with E-state index < -0.39 is 15.7 Å². The van der Waals surface area contributed by atoms with Crippen LogP contribution in [0.3, 0.4) is 0 Å². The predicted molar refractivity (Wildman–Crippen MR) is 104 cm³/mol. The Bertz CT molecular complexity index is 1260. The number of fused-ring (bicyclic) bond motifs is 1. The highest BCUT2D eigenvalue weighted by atomic mass is 32.2. The minimum absolute atomic E-state index is 0.0180. The number of aromatic amines is 1. The molecule has 1 heterocycles. The summed E-state index contributed by atoms with van der Waals surface area (Å²) in [5.74, 6) is 0.0180. The van der Waals surface area contributed by atoms with E-state index in [4.69, 9.17) is 4.18 Å². The van der Waals surface area contributed by atoms with Gasteiger partial charge >= 0.3 is 10.1 Å². The van der Waals surface area contributed by atoms with E-state index in [1.165, 1.54) is 12.1 Å². The van der Waals surface area contributed by atoms with Crippen molar-refractivity contribution in [3.63, 3.8) is 0 Å². The molecule has 5 nitrogen and oxygen atoms in total. The van der Waals surface area contributed by atoms with Crippen LogP contribution in [-0.4, -0.2) is 13.4 Å². The summed E-state index contributed by atoms with van der Waals surface area (Å²) in [6.45, 7) is 0. The summed E-state index contributed by atoms with van der Waals surface area (Å²) in [7, 11) is -4.10. The lowest BCUT2D eigenvalue weighted by atomic mass is 10.0. The Kier molecular flexibility index (Phi) is 4.25. The average molecular weight is 377 g/mol. The topological polar surface area (TPSA) is 76.2 Å². The first-order valence-corrected chi connectivity index (χ1v) is 9.67. The molecule has 0 aliphatic rings. The van der Waals surface area contributed by atoms with E-state index in [1.807, 2.05) is 6.07 Å². The van der Waals surface area contributed by atoms with Crippen LogP contribution in [-0.2, 0) is 10.1 Å². The maximum absolute atomic E-state index is 12.8. The fourth-order valence-corrected chi connectivity index (χ4v) is 3.89. The highest BCUT2D eigenvalue weighted by Gasteiger charge is 2.23. The van der Waals surface area contributed by atoms with E-state index in [9.17, 15) is 13.2 Å². The van der Waals surface area contributed by atoms with Gasteiger partial charge in [0.05, 0.1) is 11.1 Å². The average Bonchev–Trinajstić information content (AvgIpc) is 2.69. The van der Waals surface area contributed by atoms with Crippen molar-refractivity contribution in [1.29, 1.82) is 0 Å². The molecular formula is C21H15NO4S. The molecule has 0 aliphatic carbocycles. The summed E-state index contributed by atoms with van der Waals surface area (Å²) in [5.41, 5.74) is 0.829. The molecule has 0 amide bonds. The van der Waals surface area contributed by atoms with E-state index in [-0.39, 0.29) is 16.2 Å². The lowest BCUT2D eigenvalue weighted by molar-refractivity contribution is 0.489. The Hall–Kier alpha value is -3.38. The lowest BCUT2D eigenvalue weighted by Gasteiger charge is -2.14. The third-order valence-corrected chi connectivity index (χ3v) is 5.40. The summed E-state index contributed by atoms with van der Waals surface area (Å²) in [6, 6.07) is 23.6. The van der Waals surface area contributed by atoms with Crippen molar-refractivity contribution in [1.82, 2.24) is 4.98 Å². The van der Waals surface area contributed by atoms with Gasteiger partial charge < -0.3 is 9.17 Å². The Balaban J connectivity index is 2.00. The molecule has 0 fully saturated rings. The molecule has 0 radical (unpaired) electrons. The number of hydrogen-bond acceptors (Lipinski definition) is 4. The maximum atomic E-state index is 12.8. The van der Waals surface area contributed by atoms with E-state index in [0.717, 1.165) is 0 Å². The fraction of sp³-hybridized carbons (Fsp3) is 0. The first-order valence-electron chi connectivity index (χ1n) is 8.26. The van der Waals surface area contributed by atoms with Gasteiger partial charge in [0, 0.05) is 5.39 Å². The highest BCUT2D eigenvalue weighted by Crippen LogP contribution is 2.35. The molecular weight excluding hydrogens is 362 g/mol. The maximum Gasteiger partial charge on any atom is 0.339 e. The molecule has 1 aromatic heterocycles. The molecule has 0 aliphatic heterocycles. The van der Waals surface area contributed by atoms with Gasteiger partial charge in [0.25, 0.3) is 5.56 Å². The van der Waals surface area contributed by atoms with Gasteiger partial charge in [0.1, 0.15) is 4.90 Å². The molecule has 4 rings (SSSR count). The number of aromatic nitrogens is 1. The quantitative estimate of drug-likeness (QED) is 0.546. The molecule has 27 heavy (non-hydrogen) atoms. The normalized spacial score (nSPS) is 11.4. The highest BCUT2D eigenvalue weighted by molar-refractivity contribution is 7.87. The molecule has 3 aromatic carbocycles. The Morgan fingerprint density at radius 3 is 2.04 bits per heavy atom. The molecule has 134 valence electrons. The summed E-state index contributed by atoms with van der Waals surface area (Å²) in [6.07, 6.45) is 0. The van der Waals surface area contributed by atoms with Crippen LogP contribution in [0.2, 0.25) is 0 Å². The van der Waals surface area contributed by atoms with Crippen molar-refractivity contribution in [2.24, 2.45) is 0 Å². The van der Waals surface area contributed by atoms with Gasteiger partial charge in [-0.1, -0.05) is 60.7 Å². The van der Waals surface area contributed by atoms with Crippen molar-refractivity contribution < 1.29 is 12.6 Å². The minimum Gasteiger partial charge on any atom is -0.377 e. The van der Waals surface area contributed by atoms with Crippen LogP contribution in [0.15, 0.2) is 94.6 Å². The number of H-pyrrole nitrogens is 1. The zero-order valence-electron chi connectivity index (χ0n) is 14.1. The lowest BCUT2D eigenvalue weighted by Crippen LogP contribution is -2.16. The van der Waals surface area contributed by atoms with Crippen molar-refractivity contribution in [2.75, 3.05) is 0 Å². The van der Waals surface area contributed by atoms with Gasteiger partial charge in [0.15, 0.2) is 5.75 Å². The number of pyridine rings is 1. The smallest absolute Gasteiger partial charge is 0.339 e. The second kappa shape index (κ2) is 6.74. The SMILES string of the molecule is O=c1[nH]c2ccccc2c(OS(=O)(=O)c2ccccc2)c1-c1ccccc1. The molecule has 0 spiro atoms. The summed E-state index contributed by atoms with van der Waals surface area (Å²) < 4.78 is 31.1. The Morgan fingerprint density at radius 1 is 0.741 bits per heavy atom. The number of hydrogen-bond donors (Lipinski definition) is 1. The van der Waals surface area contributed by atoms with Crippen LogP contribution in [0.25, 0.3) is 22.0 Å². The van der Waals surface area contributed by atoms with Gasteiger partial charge in [-0.2, -0.15) is 8.42 Å². The van der Waals surface area contributed by atoms with Crippen LogP contribution in [0.1, 0.15) is 0 Å². The fourth-order valence-electron chi connectivity index (χ4n) is 2.91. The monoisotopic (exact) mass is 377 g/mol. The zero-order chi connectivity index (χ0) is 18.9.